The lowest BCUT2D eigenvalue weighted by Crippen LogP contribution is -2.19. The Hall–Kier alpha value is -1.00. The molecule has 13 heavy (non-hydrogen) atoms. The second-order valence-corrected chi connectivity index (χ2v) is 3.02. The molecule has 0 saturated heterocycles. The third kappa shape index (κ3) is 2.02. The molecule has 3 N–H and O–H groups in total. The Labute approximate surface area is 85.0 Å². The van der Waals surface area contributed by atoms with Crippen LogP contribution in [-0.4, -0.2) is 17.9 Å². The Morgan fingerprint density at radius 1 is 1.62 bits per heavy atom. The van der Waals surface area contributed by atoms with E-state index in [1.54, 1.807) is 0 Å². The normalized spacial score (nSPS) is 9.77. The molecule has 70 valence electrons. The van der Waals surface area contributed by atoms with Crippen molar-refractivity contribution >= 4 is 34.8 Å². The average molecular weight is 220 g/mol. The molecule has 1 aromatic rings. The molecule has 0 aromatic carbocycles. The van der Waals surface area contributed by atoms with Crippen molar-refractivity contribution in [2.75, 3.05) is 12.8 Å². The molecule has 1 aromatic heterocycles. The zero-order chi connectivity index (χ0) is 10.0. The van der Waals surface area contributed by atoms with Crippen LogP contribution in [-0.2, 0) is 0 Å². The Morgan fingerprint density at radius 3 is 2.77 bits per heavy atom. The van der Waals surface area contributed by atoms with E-state index < -0.39 is 0 Å². The number of carbonyl (C=O) groups excluding carboxylic acids is 1. The first-order valence-corrected chi connectivity index (χ1v) is 4.15. The molecule has 1 heterocycles. The number of pyridine rings is 1. The number of aromatic nitrogens is 1. The highest BCUT2D eigenvalue weighted by Gasteiger charge is 2.12. The zero-order valence-electron chi connectivity index (χ0n) is 6.77. The van der Waals surface area contributed by atoms with Crippen LogP contribution in [0.3, 0.4) is 0 Å². The number of anilines is 1. The highest BCUT2D eigenvalue weighted by atomic mass is 35.5. The molecule has 1 amide bonds. The second-order valence-electron chi connectivity index (χ2n) is 2.28. The summed E-state index contributed by atoms with van der Waals surface area (Å²) in [5.74, 6) is -0.344. The number of amides is 1. The summed E-state index contributed by atoms with van der Waals surface area (Å²) in [6, 6.07) is 1.36. The number of hydrogen-bond acceptors (Lipinski definition) is 3. The second kappa shape index (κ2) is 3.81. The first-order chi connectivity index (χ1) is 6.06. The maximum Gasteiger partial charge on any atom is 0.253 e. The van der Waals surface area contributed by atoms with Gasteiger partial charge in [0.1, 0.15) is 5.15 Å². The van der Waals surface area contributed by atoms with Crippen LogP contribution in [0.25, 0.3) is 0 Å². The predicted octanol–water partition coefficient (Wildman–Crippen LogP) is 1.33. The van der Waals surface area contributed by atoms with Gasteiger partial charge in [0.2, 0.25) is 0 Å². The maximum atomic E-state index is 11.2. The first-order valence-electron chi connectivity index (χ1n) is 3.40. The van der Waals surface area contributed by atoms with Crippen LogP contribution in [0.1, 0.15) is 10.4 Å². The molecule has 0 unspecified atom stereocenters. The maximum absolute atomic E-state index is 11.2. The largest absolute Gasteiger partial charge is 0.396 e. The monoisotopic (exact) mass is 219 g/mol. The van der Waals surface area contributed by atoms with E-state index in [2.05, 4.69) is 10.3 Å². The van der Waals surface area contributed by atoms with Crippen LogP contribution >= 0.6 is 23.2 Å². The van der Waals surface area contributed by atoms with E-state index in [4.69, 9.17) is 28.9 Å². The van der Waals surface area contributed by atoms with E-state index >= 15 is 0 Å². The number of hydrogen-bond donors (Lipinski definition) is 2. The van der Waals surface area contributed by atoms with Crippen molar-refractivity contribution in [2.45, 2.75) is 0 Å². The molecule has 1 rings (SSSR count). The van der Waals surface area contributed by atoms with Crippen LogP contribution in [0.15, 0.2) is 6.07 Å². The summed E-state index contributed by atoms with van der Waals surface area (Å²) < 4.78 is 0. The Bertz CT molecular complexity index is 354. The molecule has 0 atom stereocenters. The minimum absolute atomic E-state index is 0.0334. The quantitative estimate of drug-likeness (QED) is 0.701. The molecular weight excluding hydrogens is 213 g/mol. The van der Waals surface area contributed by atoms with Gasteiger partial charge in [0.15, 0.2) is 5.15 Å². The summed E-state index contributed by atoms with van der Waals surface area (Å²) in [5.41, 5.74) is 5.87. The van der Waals surface area contributed by atoms with Crippen molar-refractivity contribution in [3.05, 3.63) is 21.9 Å². The number of carbonyl (C=O) groups is 1. The van der Waals surface area contributed by atoms with E-state index in [9.17, 15) is 4.79 Å². The first kappa shape index (κ1) is 10.1. The van der Waals surface area contributed by atoms with Crippen LogP contribution in [0.4, 0.5) is 5.69 Å². The van der Waals surface area contributed by atoms with Crippen molar-refractivity contribution in [2.24, 2.45) is 0 Å². The van der Waals surface area contributed by atoms with Crippen LogP contribution in [0.2, 0.25) is 10.3 Å². The molecule has 0 aliphatic carbocycles. The van der Waals surface area contributed by atoms with Gasteiger partial charge in [0.25, 0.3) is 5.91 Å². The molecule has 0 aliphatic heterocycles. The van der Waals surface area contributed by atoms with Crippen molar-refractivity contribution in [1.82, 2.24) is 10.3 Å². The average Bonchev–Trinajstić information content (AvgIpc) is 2.10. The number of rotatable bonds is 1. The number of nitrogens with zero attached hydrogens (tertiary/aromatic N) is 1. The van der Waals surface area contributed by atoms with Crippen molar-refractivity contribution in [3.63, 3.8) is 0 Å². The minimum atomic E-state index is -0.344. The molecule has 0 saturated carbocycles. The Morgan fingerprint density at radius 2 is 2.23 bits per heavy atom. The van der Waals surface area contributed by atoms with Gasteiger partial charge in [0, 0.05) is 7.05 Å². The van der Waals surface area contributed by atoms with E-state index in [0.29, 0.717) is 0 Å². The topological polar surface area (TPSA) is 68.0 Å². The van der Waals surface area contributed by atoms with E-state index in [0.717, 1.165) is 0 Å². The lowest BCUT2D eigenvalue weighted by Gasteiger charge is -2.05. The fraction of sp³-hybridized carbons (Fsp3) is 0.143. The molecule has 6 heteroatoms. The molecule has 4 nitrogen and oxygen atoms in total. The third-order valence-corrected chi connectivity index (χ3v) is 1.93. The zero-order valence-corrected chi connectivity index (χ0v) is 8.28. The summed E-state index contributed by atoms with van der Waals surface area (Å²) in [6.07, 6.45) is 0. The van der Waals surface area contributed by atoms with Crippen molar-refractivity contribution < 1.29 is 4.79 Å². The van der Waals surface area contributed by atoms with E-state index in [1.165, 1.54) is 13.1 Å². The van der Waals surface area contributed by atoms with Gasteiger partial charge in [-0.3, -0.25) is 4.79 Å². The van der Waals surface area contributed by atoms with Crippen molar-refractivity contribution in [3.8, 4) is 0 Å². The molecule has 0 bridgehead atoms. The minimum Gasteiger partial charge on any atom is -0.396 e. The molecule has 0 spiro atoms. The number of nitrogens with two attached hydrogens (primary N) is 1. The molecule has 0 fully saturated rings. The SMILES string of the molecule is CNC(=O)c1cc(Cl)nc(Cl)c1N. The summed E-state index contributed by atoms with van der Waals surface area (Å²) in [4.78, 5) is 14.9. The number of nitrogen functional groups attached to an aromatic ring is 1. The summed E-state index contributed by atoms with van der Waals surface area (Å²) in [5, 5.41) is 2.58. The fourth-order valence-electron chi connectivity index (χ4n) is 0.817. The fourth-order valence-corrected chi connectivity index (χ4v) is 1.25. The standard InChI is InChI=1S/C7H7Cl2N3O/c1-11-7(13)3-2-4(8)12-6(9)5(3)10/h2H,10H2,1H3,(H,11,13). The Kier molecular flexibility index (Phi) is 2.95. The summed E-state index contributed by atoms with van der Waals surface area (Å²) in [6.45, 7) is 0. The predicted molar refractivity (Wildman–Crippen MR) is 52.1 cm³/mol. The smallest absolute Gasteiger partial charge is 0.253 e. The number of halogens is 2. The van der Waals surface area contributed by atoms with Gasteiger partial charge in [-0.05, 0) is 6.07 Å². The van der Waals surface area contributed by atoms with Gasteiger partial charge in [-0.25, -0.2) is 4.98 Å². The lowest BCUT2D eigenvalue weighted by atomic mass is 10.2. The van der Waals surface area contributed by atoms with Gasteiger partial charge in [0.05, 0.1) is 11.3 Å². The summed E-state index contributed by atoms with van der Waals surface area (Å²) in [7, 11) is 1.49. The third-order valence-electron chi connectivity index (χ3n) is 1.45. The molecular formula is C7H7Cl2N3O. The van der Waals surface area contributed by atoms with Gasteiger partial charge in [-0.15, -0.1) is 0 Å². The van der Waals surface area contributed by atoms with Crippen LogP contribution < -0.4 is 11.1 Å². The highest BCUT2D eigenvalue weighted by molar-refractivity contribution is 6.35. The summed E-state index contributed by atoms with van der Waals surface area (Å²) >= 11 is 11.2. The Balaban J connectivity index is 3.28. The molecule has 0 radical (unpaired) electrons. The molecule has 0 aliphatic rings. The van der Waals surface area contributed by atoms with Gasteiger partial charge < -0.3 is 11.1 Å². The highest BCUT2D eigenvalue weighted by Crippen LogP contribution is 2.23. The number of nitrogens with one attached hydrogen (secondary N) is 1. The van der Waals surface area contributed by atoms with Gasteiger partial charge in [-0.1, -0.05) is 23.2 Å². The van der Waals surface area contributed by atoms with E-state index in [1.807, 2.05) is 0 Å². The van der Waals surface area contributed by atoms with Gasteiger partial charge in [-0.2, -0.15) is 0 Å². The van der Waals surface area contributed by atoms with E-state index in [-0.39, 0.29) is 27.5 Å². The van der Waals surface area contributed by atoms with Crippen LogP contribution in [0.5, 0.6) is 0 Å². The van der Waals surface area contributed by atoms with Crippen LogP contribution in [0, 0.1) is 0 Å². The van der Waals surface area contributed by atoms with Gasteiger partial charge >= 0.3 is 0 Å². The van der Waals surface area contributed by atoms with Crippen molar-refractivity contribution in [1.29, 1.82) is 0 Å². The lowest BCUT2D eigenvalue weighted by molar-refractivity contribution is 0.0964.